The maximum atomic E-state index is 12.9. The molecule has 2 nitrogen and oxygen atoms in total. The molecule has 0 saturated carbocycles. The van der Waals surface area contributed by atoms with Gasteiger partial charge >= 0.3 is 0 Å². The van der Waals surface area contributed by atoms with Crippen molar-refractivity contribution in [3.05, 3.63) is 47.7 Å². The van der Waals surface area contributed by atoms with E-state index in [1.807, 2.05) is 19.9 Å². The Morgan fingerprint density at radius 2 is 1.93 bits per heavy atom. The van der Waals surface area contributed by atoms with Crippen LogP contribution in [0.4, 0.5) is 4.39 Å². The summed E-state index contributed by atoms with van der Waals surface area (Å²) in [5.41, 5.74) is 2.66. The zero-order valence-corrected chi connectivity index (χ0v) is 8.66. The van der Waals surface area contributed by atoms with E-state index in [2.05, 4.69) is 9.97 Å². The number of benzene rings is 1. The van der Waals surface area contributed by atoms with E-state index in [-0.39, 0.29) is 5.82 Å². The quantitative estimate of drug-likeness (QED) is 0.710. The lowest BCUT2D eigenvalue weighted by Gasteiger charge is -2.05. The molecule has 0 N–H and O–H groups in total. The number of hydrogen-bond acceptors (Lipinski definition) is 2. The minimum atomic E-state index is -0.220. The van der Waals surface area contributed by atoms with Crippen LogP contribution in [0.15, 0.2) is 30.5 Å². The van der Waals surface area contributed by atoms with Gasteiger partial charge < -0.3 is 0 Å². The van der Waals surface area contributed by atoms with Crippen LogP contribution in [0, 0.1) is 19.7 Å². The van der Waals surface area contributed by atoms with E-state index >= 15 is 0 Å². The highest BCUT2D eigenvalue weighted by Crippen LogP contribution is 2.21. The SMILES string of the molecule is Cc1nccc(-c2ccc(F)cc2C)n1. The molecule has 0 aliphatic rings. The number of rotatable bonds is 1. The molecule has 0 bridgehead atoms. The summed E-state index contributed by atoms with van der Waals surface area (Å²) in [6.07, 6.45) is 1.71. The van der Waals surface area contributed by atoms with E-state index in [1.54, 1.807) is 12.3 Å². The Balaban J connectivity index is 2.54. The lowest BCUT2D eigenvalue weighted by molar-refractivity contribution is 0.627. The maximum absolute atomic E-state index is 12.9. The van der Waals surface area contributed by atoms with Crippen LogP contribution < -0.4 is 0 Å². The molecule has 0 unspecified atom stereocenters. The van der Waals surface area contributed by atoms with Crippen LogP contribution in [0.2, 0.25) is 0 Å². The molecule has 2 rings (SSSR count). The molecule has 2 aromatic rings. The highest BCUT2D eigenvalue weighted by Gasteiger charge is 2.04. The smallest absolute Gasteiger partial charge is 0.125 e. The van der Waals surface area contributed by atoms with Crippen LogP contribution in [0.25, 0.3) is 11.3 Å². The Morgan fingerprint density at radius 1 is 1.13 bits per heavy atom. The monoisotopic (exact) mass is 202 g/mol. The lowest BCUT2D eigenvalue weighted by atomic mass is 10.1. The van der Waals surface area contributed by atoms with E-state index in [0.29, 0.717) is 0 Å². The van der Waals surface area contributed by atoms with Crippen molar-refractivity contribution in [1.82, 2.24) is 9.97 Å². The molecule has 0 spiro atoms. The zero-order chi connectivity index (χ0) is 10.8. The number of halogens is 1. The zero-order valence-electron chi connectivity index (χ0n) is 8.66. The summed E-state index contributed by atoms with van der Waals surface area (Å²) in [6, 6.07) is 6.52. The number of aryl methyl sites for hydroxylation is 2. The van der Waals surface area contributed by atoms with Gasteiger partial charge in [-0.3, -0.25) is 0 Å². The standard InChI is InChI=1S/C12H11FN2/c1-8-7-10(13)3-4-11(8)12-5-6-14-9(2)15-12/h3-7H,1-2H3. The summed E-state index contributed by atoms with van der Waals surface area (Å²) in [4.78, 5) is 8.33. The topological polar surface area (TPSA) is 25.8 Å². The van der Waals surface area contributed by atoms with Crippen LogP contribution in [0.5, 0.6) is 0 Å². The predicted molar refractivity (Wildman–Crippen MR) is 56.9 cm³/mol. The van der Waals surface area contributed by atoms with Crippen molar-refractivity contribution >= 4 is 0 Å². The first-order valence-corrected chi connectivity index (χ1v) is 4.73. The number of nitrogens with zero attached hydrogens (tertiary/aromatic N) is 2. The number of aromatic nitrogens is 2. The summed E-state index contributed by atoms with van der Waals surface area (Å²) in [5.74, 6) is 0.498. The van der Waals surface area contributed by atoms with Gasteiger partial charge in [-0.2, -0.15) is 0 Å². The van der Waals surface area contributed by atoms with Crippen LogP contribution in [-0.2, 0) is 0 Å². The van der Waals surface area contributed by atoms with Gasteiger partial charge in [0.25, 0.3) is 0 Å². The summed E-state index contributed by atoms with van der Waals surface area (Å²) in [7, 11) is 0. The third kappa shape index (κ3) is 2.01. The first-order chi connectivity index (χ1) is 7.16. The second-order valence-corrected chi connectivity index (χ2v) is 3.45. The van der Waals surface area contributed by atoms with Crippen LogP contribution in [-0.4, -0.2) is 9.97 Å². The minimum absolute atomic E-state index is 0.220. The summed E-state index contributed by atoms with van der Waals surface area (Å²) >= 11 is 0. The molecule has 0 amide bonds. The van der Waals surface area contributed by atoms with E-state index in [0.717, 1.165) is 22.6 Å². The molecule has 76 valence electrons. The second kappa shape index (κ2) is 3.77. The fourth-order valence-electron chi connectivity index (χ4n) is 1.52. The van der Waals surface area contributed by atoms with E-state index in [4.69, 9.17) is 0 Å². The Kier molecular flexibility index (Phi) is 2.46. The molecule has 15 heavy (non-hydrogen) atoms. The minimum Gasteiger partial charge on any atom is -0.242 e. The van der Waals surface area contributed by atoms with Gasteiger partial charge in [0.2, 0.25) is 0 Å². The van der Waals surface area contributed by atoms with Crippen molar-refractivity contribution in [3.63, 3.8) is 0 Å². The van der Waals surface area contributed by atoms with Crippen molar-refractivity contribution in [2.45, 2.75) is 13.8 Å². The van der Waals surface area contributed by atoms with Crippen LogP contribution >= 0.6 is 0 Å². The first kappa shape index (κ1) is 9.77. The van der Waals surface area contributed by atoms with Crippen molar-refractivity contribution < 1.29 is 4.39 Å². The molecule has 0 radical (unpaired) electrons. The van der Waals surface area contributed by atoms with Gasteiger partial charge in [-0.15, -0.1) is 0 Å². The highest BCUT2D eigenvalue weighted by atomic mass is 19.1. The lowest BCUT2D eigenvalue weighted by Crippen LogP contribution is -1.92. The Bertz CT molecular complexity index is 495. The molecule has 0 aliphatic carbocycles. The van der Waals surface area contributed by atoms with Gasteiger partial charge in [0.15, 0.2) is 0 Å². The molecule has 3 heteroatoms. The third-order valence-corrected chi connectivity index (χ3v) is 2.24. The van der Waals surface area contributed by atoms with Gasteiger partial charge in [-0.05, 0) is 43.7 Å². The van der Waals surface area contributed by atoms with Gasteiger partial charge in [0.05, 0.1) is 5.69 Å². The van der Waals surface area contributed by atoms with E-state index in [9.17, 15) is 4.39 Å². The molecule has 1 aromatic heterocycles. The largest absolute Gasteiger partial charge is 0.242 e. The molecule has 1 heterocycles. The highest BCUT2D eigenvalue weighted by molar-refractivity contribution is 5.62. The molecule has 0 atom stereocenters. The third-order valence-electron chi connectivity index (χ3n) is 2.24. The summed E-state index contributed by atoms with van der Waals surface area (Å²) in [6.45, 7) is 3.71. The van der Waals surface area contributed by atoms with Crippen molar-refractivity contribution in [2.24, 2.45) is 0 Å². The Labute approximate surface area is 87.8 Å². The molecule has 0 aliphatic heterocycles. The molecule has 0 saturated heterocycles. The average molecular weight is 202 g/mol. The summed E-state index contributed by atoms with van der Waals surface area (Å²) < 4.78 is 12.9. The van der Waals surface area contributed by atoms with Crippen LogP contribution in [0.3, 0.4) is 0 Å². The fourth-order valence-corrected chi connectivity index (χ4v) is 1.52. The van der Waals surface area contributed by atoms with Crippen molar-refractivity contribution in [3.8, 4) is 11.3 Å². The van der Waals surface area contributed by atoms with Gasteiger partial charge in [0, 0.05) is 11.8 Å². The first-order valence-electron chi connectivity index (χ1n) is 4.73. The van der Waals surface area contributed by atoms with Crippen molar-refractivity contribution in [1.29, 1.82) is 0 Å². The Morgan fingerprint density at radius 3 is 2.60 bits per heavy atom. The predicted octanol–water partition coefficient (Wildman–Crippen LogP) is 2.90. The maximum Gasteiger partial charge on any atom is 0.125 e. The summed E-state index contributed by atoms with van der Waals surface area (Å²) in [5, 5.41) is 0. The van der Waals surface area contributed by atoms with Gasteiger partial charge in [-0.1, -0.05) is 0 Å². The molecule has 1 aromatic carbocycles. The molecular formula is C12H11FN2. The Hall–Kier alpha value is -1.77. The normalized spacial score (nSPS) is 10.3. The van der Waals surface area contributed by atoms with Crippen molar-refractivity contribution in [2.75, 3.05) is 0 Å². The second-order valence-electron chi connectivity index (χ2n) is 3.45. The molecular weight excluding hydrogens is 191 g/mol. The number of hydrogen-bond donors (Lipinski definition) is 0. The van der Waals surface area contributed by atoms with Gasteiger partial charge in [0.1, 0.15) is 11.6 Å². The van der Waals surface area contributed by atoms with E-state index < -0.39 is 0 Å². The van der Waals surface area contributed by atoms with Gasteiger partial charge in [-0.25, -0.2) is 14.4 Å². The molecule has 0 fully saturated rings. The average Bonchev–Trinajstić information content (AvgIpc) is 2.17. The van der Waals surface area contributed by atoms with E-state index in [1.165, 1.54) is 12.1 Å². The van der Waals surface area contributed by atoms with Crippen LogP contribution in [0.1, 0.15) is 11.4 Å². The fraction of sp³-hybridized carbons (Fsp3) is 0.167.